The molecule has 0 aliphatic rings. The second kappa shape index (κ2) is 7.43. The fourth-order valence-electron chi connectivity index (χ4n) is 1.68. The topological polar surface area (TPSA) is 66.4 Å². The molecule has 0 aliphatic heterocycles. The third kappa shape index (κ3) is 4.96. The highest BCUT2D eigenvalue weighted by Gasteiger charge is 2.31. The lowest BCUT2D eigenvalue weighted by Gasteiger charge is -2.23. The molecule has 1 rings (SSSR count). The zero-order valence-electron chi connectivity index (χ0n) is 11.8. The van der Waals surface area contributed by atoms with E-state index in [1.54, 1.807) is 6.92 Å². The molecule has 0 saturated heterocycles. The third-order valence-electron chi connectivity index (χ3n) is 3.50. The summed E-state index contributed by atoms with van der Waals surface area (Å²) in [5.74, 6) is -1.00. The molecule has 20 heavy (non-hydrogen) atoms. The number of rotatable bonds is 7. The fourth-order valence-corrected chi connectivity index (χ4v) is 2.13. The standard InChI is InChI=1S/C15H20BrNO3/c1-3-15(2,14(19)20)10-17-13(18)8-7-11-5-4-6-12(16)9-11/h4-6,9H,3,7-8,10H2,1-2H3,(H,17,18)(H,19,20). The number of carbonyl (C=O) groups excluding carboxylic acids is 1. The monoisotopic (exact) mass is 341 g/mol. The van der Waals surface area contributed by atoms with Gasteiger partial charge in [-0.1, -0.05) is 35.0 Å². The van der Waals surface area contributed by atoms with Gasteiger partial charge in [0.1, 0.15) is 0 Å². The molecule has 0 saturated carbocycles. The van der Waals surface area contributed by atoms with Gasteiger partial charge in [0.2, 0.25) is 5.91 Å². The van der Waals surface area contributed by atoms with Crippen LogP contribution in [0, 0.1) is 5.41 Å². The van der Waals surface area contributed by atoms with Crippen molar-refractivity contribution in [3.05, 3.63) is 34.3 Å². The Bertz CT molecular complexity index is 490. The Balaban J connectivity index is 2.43. The molecule has 0 spiro atoms. The van der Waals surface area contributed by atoms with E-state index in [1.807, 2.05) is 31.2 Å². The maximum Gasteiger partial charge on any atom is 0.311 e. The van der Waals surface area contributed by atoms with Gasteiger partial charge in [-0.05, 0) is 37.5 Å². The van der Waals surface area contributed by atoms with Crippen LogP contribution in [-0.2, 0) is 16.0 Å². The number of carboxylic acids is 1. The van der Waals surface area contributed by atoms with Crippen molar-refractivity contribution in [2.45, 2.75) is 33.1 Å². The Morgan fingerprint density at radius 3 is 2.65 bits per heavy atom. The largest absolute Gasteiger partial charge is 0.481 e. The number of hydrogen-bond donors (Lipinski definition) is 2. The maximum atomic E-state index is 11.8. The van der Waals surface area contributed by atoms with Gasteiger partial charge in [0.25, 0.3) is 0 Å². The Labute approximate surface area is 127 Å². The number of carboxylic acid groups (broad SMARTS) is 1. The second-order valence-electron chi connectivity index (χ2n) is 5.13. The molecule has 0 aliphatic carbocycles. The first-order valence-corrected chi connectivity index (χ1v) is 7.41. The molecular formula is C15H20BrNO3. The van der Waals surface area contributed by atoms with Gasteiger partial charge in [-0.25, -0.2) is 0 Å². The number of carbonyl (C=O) groups is 2. The second-order valence-corrected chi connectivity index (χ2v) is 6.04. The number of aryl methyl sites for hydroxylation is 1. The van der Waals surface area contributed by atoms with Gasteiger partial charge in [0.05, 0.1) is 5.41 Å². The van der Waals surface area contributed by atoms with Gasteiger partial charge in [-0.15, -0.1) is 0 Å². The van der Waals surface area contributed by atoms with Gasteiger partial charge >= 0.3 is 5.97 Å². The molecule has 4 nitrogen and oxygen atoms in total. The molecule has 1 atom stereocenters. The Morgan fingerprint density at radius 2 is 2.10 bits per heavy atom. The average molecular weight is 342 g/mol. The minimum absolute atomic E-state index is 0.120. The smallest absolute Gasteiger partial charge is 0.311 e. The summed E-state index contributed by atoms with van der Waals surface area (Å²) in [7, 11) is 0. The summed E-state index contributed by atoms with van der Waals surface area (Å²) in [4.78, 5) is 22.9. The van der Waals surface area contributed by atoms with Crippen molar-refractivity contribution in [1.29, 1.82) is 0 Å². The lowest BCUT2D eigenvalue weighted by molar-refractivity contribution is -0.148. The van der Waals surface area contributed by atoms with Crippen molar-refractivity contribution in [2.24, 2.45) is 5.41 Å². The molecule has 1 amide bonds. The van der Waals surface area contributed by atoms with Gasteiger partial charge in [0, 0.05) is 17.4 Å². The van der Waals surface area contributed by atoms with E-state index in [9.17, 15) is 9.59 Å². The summed E-state index contributed by atoms with van der Waals surface area (Å²) in [5.41, 5.74) is 0.178. The first-order chi connectivity index (χ1) is 9.37. The summed E-state index contributed by atoms with van der Waals surface area (Å²) < 4.78 is 0.986. The van der Waals surface area contributed by atoms with E-state index in [4.69, 9.17) is 5.11 Å². The third-order valence-corrected chi connectivity index (χ3v) is 4.00. The number of hydrogen-bond acceptors (Lipinski definition) is 2. The maximum absolute atomic E-state index is 11.8. The summed E-state index contributed by atoms with van der Waals surface area (Å²) in [6.07, 6.45) is 1.48. The zero-order valence-corrected chi connectivity index (χ0v) is 13.4. The predicted molar refractivity (Wildman–Crippen MR) is 81.5 cm³/mol. The van der Waals surface area contributed by atoms with Crippen LogP contribution < -0.4 is 5.32 Å². The molecule has 1 unspecified atom stereocenters. The van der Waals surface area contributed by atoms with Crippen LogP contribution in [0.25, 0.3) is 0 Å². The highest BCUT2D eigenvalue weighted by Crippen LogP contribution is 2.20. The summed E-state index contributed by atoms with van der Waals surface area (Å²) in [6, 6.07) is 7.80. The molecule has 0 bridgehead atoms. The molecule has 1 aromatic carbocycles. The van der Waals surface area contributed by atoms with Crippen LogP contribution in [0.3, 0.4) is 0 Å². The summed E-state index contributed by atoms with van der Waals surface area (Å²) in [6.45, 7) is 3.61. The summed E-state index contributed by atoms with van der Waals surface area (Å²) in [5, 5.41) is 11.8. The van der Waals surface area contributed by atoms with Crippen LogP contribution in [0.2, 0.25) is 0 Å². The number of benzene rings is 1. The van der Waals surface area contributed by atoms with Crippen LogP contribution >= 0.6 is 15.9 Å². The van der Waals surface area contributed by atoms with Gasteiger partial charge < -0.3 is 10.4 Å². The quantitative estimate of drug-likeness (QED) is 0.801. The molecule has 0 aromatic heterocycles. The lowest BCUT2D eigenvalue weighted by atomic mass is 9.87. The molecule has 0 fully saturated rings. The fraction of sp³-hybridized carbons (Fsp3) is 0.467. The molecule has 1 aromatic rings. The van der Waals surface area contributed by atoms with E-state index in [1.165, 1.54) is 0 Å². The normalized spacial score (nSPS) is 13.6. The minimum atomic E-state index is -0.897. The highest BCUT2D eigenvalue weighted by atomic mass is 79.9. The van der Waals surface area contributed by atoms with E-state index in [0.29, 0.717) is 19.3 Å². The van der Waals surface area contributed by atoms with Crippen molar-refractivity contribution in [1.82, 2.24) is 5.32 Å². The van der Waals surface area contributed by atoms with Crippen molar-refractivity contribution < 1.29 is 14.7 Å². The SMILES string of the molecule is CCC(C)(CNC(=O)CCc1cccc(Br)c1)C(=O)O. The number of amides is 1. The Morgan fingerprint density at radius 1 is 1.40 bits per heavy atom. The van der Waals surface area contributed by atoms with E-state index in [-0.39, 0.29) is 12.5 Å². The van der Waals surface area contributed by atoms with E-state index in [0.717, 1.165) is 10.0 Å². The van der Waals surface area contributed by atoms with Crippen molar-refractivity contribution in [3.8, 4) is 0 Å². The molecule has 110 valence electrons. The Kier molecular flexibility index (Phi) is 6.20. The Hall–Kier alpha value is -1.36. The van der Waals surface area contributed by atoms with Gasteiger partial charge in [-0.3, -0.25) is 9.59 Å². The lowest BCUT2D eigenvalue weighted by Crippen LogP contribution is -2.40. The summed E-state index contributed by atoms with van der Waals surface area (Å²) >= 11 is 3.39. The first kappa shape index (κ1) is 16.7. The number of aliphatic carboxylic acids is 1. The number of halogens is 1. The van der Waals surface area contributed by atoms with E-state index >= 15 is 0 Å². The van der Waals surface area contributed by atoms with Crippen LogP contribution in [0.1, 0.15) is 32.3 Å². The van der Waals surface area contributed by atoms with Crippen molar-refractivity contribution in [3.63, 3.8) is 0 Å². The molecular weight excluding hydrogens is 322 g/mol. The molecule has 0 radical (unpaired) electrons. The van der Waals surface area contributed by atoms with Gasteiger partial charge in [0.15, 0.2) is 0 Å². The van der Waals surface area contributed by atoms with Crippen LogP contribution in [-0.4, -0.2) is 23.5 Å². The van der Waals surface area contributed by atoms with Gasteiger partial charge in [-0.2, -0.15) is 0 Å². The first-order valence-electron chi connectivity index (χ1n) is 6.62. The van der Waals surface area contributed by atoms with Crippen LogP contribution in [0.5, 0.6) is 0 Å². The van der Waals surface area contributed by atoms with Crippen LogP contribution in [0.15, 0.2) is 28.7 Å². The predicted octanol–water partition coefficient (Wildman–Crippen LogP) is 3.00. The van der Waals surface area contributed by atoms with E-state index < -0.39 is 11.4 Å². The molecule has 0 heterocycles. The highest BCUT2D eigenvalue weighted by molar-refractivity contribution is 9.10. The van der Waals surface area contributed by atoms with Crippen LogP contribution in [0.4, 0.5) is 0 Å². The average Bonchev–Trinajstić information content (AvgIpc) is 2.42. The molecule has 2 N–H and O–H groups in total. The number of nitrogens with one attached hydrogen (secondary N) is 1. The van der Waals surface area contributed by atoms with Crippen molar-refractivity contribution >= 4 is 27.8 Å². The minimum Gasteiger partial charge on any atom is -0.481 e. The van der Waals surface area contributed by atoms with E-state index in [2.05, 4.69) is 21.2 Å². The molecule has 5 heteroatoms. The van der Waals surface area contributed by atoms with Crippen molar-refractivity contribution in [2.75, 3.05) is 6.54 Å². The zero-order chi connectivity index (χ0) is 15.2.